The third-order valence-electron chi connectivity index (χ3n) is 3.49. The van der Waals surface area contributed by atoms with Crippen molar-refractivity contribution in [2.24, 2.45) is 5.92 Å². The van der Waals surface area contributed by atoms with Crippen molar-refractivity contribution in [1.82, 2.24) is 19.6 Å². The van der Waals surface area contributed by atoms with Crippen molar-refractivity contribution in [3.05, 3.63) is 17.5 Å². The topological polar surface area (TPSA) is 97.5 Å². The van der Waals surface area contributed by atoms with Crippen LogP contribution in [0.4, 0.5) is 9.83 Å². The second-order valence-electron chi connectivity index (χ2n) is 5.44. The highest BCUT2D eigenvalue weighted by Crippen LogP contribution is 2.24. The molecule has 10 heteroatoms. The van der Waals surface area contributed by atoms with Crippen LogP contribution in [0.15, 0.2) is 6.07 Å². The van der Waals surface area contributed by atoms with Crippen molar-refractivity contribution < 1.29 is 17.1 Å². The molecule has 0 radical (unpaired) electrons. The predicted molar refractivity (Wildman–Crippen MR) is 75.6 cm³/mol. The molecule has 2 aromatic heterocycles. The summed E-state index contributed by atoms with van der Waals surface area (Å²) in [7, 11) is -4.61. The summed E-state index contributed by atoms with van der Waals surface area (Å²) in [4.78, 5) is 21.7. The zero-order chi connectivity index (χ0) is 16.1. The number of amides is 1. The third kappa shape index (κ3) is 2.78. The lowest BCUT2D eigenvalue weighted by Crippen LogP contribution is -2.26. The zero-order valence-electron chi connectivity index (χ0n) is 12.0. The summed E-state index contributed by atoms with van der Waals surface area (Å²) in [5.74, 6) is -1.06. The molecular weight excluding hydrogens is 313 g/mol. The number of rotatable bonds is 3. The van der Waals surface area contributed by atoms with E-state index < -0.39 is 21.9 Å². The maximum absolute atomic E-state index is 12.8. The fourth-order valence-corrected chi connectivity index (χ4v) is 3.42. The molecule has 2 aromatic rings. The molecule has 1 amide bonds. The predicted octanol–water partition coefficient (Wildman–Crippen LogP) is 0.393. The number of aromatic nitrogens is 4. The molecule has 8 nitrogen and oxygen atoms in total. The van der Waals surface area contributed by atoms with Gasteiger partial charge in [-0.2, -0.15) is 17.9 Å². The molecule has 1 aliphatic heterocycles. The maximum atomic E-state index is 12.8. The van der Waals surface area contributed by atoms with E-state index in [-0.39, 0.29) is 24.8 Å². The summed E-state index contributed by atoms with van der Waals surface area (Å²) in [5, 5.41) is 4.22. The Balaban J connectivity index is 1.91. The molecule has 0 aromatic carbocycles. The minimum atomic E-state index is -4.61. The lowest BCUT2D eigenvalue weighted by atomic mass is 10.1. The number of carbonyl (C=O) groups is 1. The van der Waals surface area contributed by atoms with Crippen LogP contribution in [0.3, 0.4) is 0 Å². The average molecular weight is 327 g/mol. The van der Waals surface area contributed by atoms with E-state index in [1.807, 2.05) is 19.9 Å². The van der Waals surface area contributed by atoms with Gasteiger partial charge in [0.05, 0.1) is 5.75 Å². The van der Waals surface area contributed by atoms with E-state index in [0.717, 1.165) is 11.4 Å². The smallest absolute Gasteiger partial charge is 0.279 e. The first kappa shape index (κ1) is 14.8. The highest BCUT2D eigenvalue weighted by molar-refractivity contribution is 7.86. The first-order valence-electron chi connectivity index (χ1n) is 6.66. The lowest BCUT2D eigenvalue weighted by molar-refractivity contribution is -0.117. The van der Waals surface area contributed by atoms with E-state index in [1.54, 1.807) is 0 Å². The van der Waals surface area contributed by atoms with Gasteiger partial charge >= 0.3 is 10.2 Å². The van der Waals surface area contributed by atoms with Crippen LogP contribution in [-0.4, -0.2) is 46.2 Å². The first-order chi connectivity index (χ1) is 10.2. The molecule has 1 saturated heterocycles. The number of carbonyl (C=O) groups excluding carboxylic acids is 1. The van der Waals surface area contributed by atoms with Crippen LogP contribution in [0.2, 0.25) is 0 Å². The SMILES string of the molecule is Cc1cc(C)n2nc(N3CC(CS(=O)(=O)F)CC3=O)nc2n1. The molecule has 0 spiro atoms. The van der Waals surface area contributed by atoms with E-state index in [2.05, 4.69) is 15.1 Å². The van der Waals surface area contributed by atoms with Crippen LogP contribution >= 0.6 is 0 Å². The summed E-state index contributed by atoms with van der Waals surface area (Å²) in [6.45, 7) is 3.74. The van der Waals surface area contributed by atoms with Gasteiger partial charge in [0.15, 0.2) is 0 Å². The number of fused-ring (bicyclic) bond motifs is 1. The molecule has 1 atom stereocenters. The zero-order valence-corrected chi connectivity index (χ0v) is 12.8. The Morgan fingerprint density at radius 1 is 1.36 bits per heavy atom. The average Bonchev–Trinajstić information content (AvgIpc) is 2.90. The highest BCUT2D eigenvalue weighted by atomic mass is 32.3. The summed E-state index contributed by atoms with van der Waals surface area (Å²) < 4.78 is 35.7. The van der Waals surface area contributed by atoms with Gasteiger partial charge in [-0.3, -0.25) is 9.69 Å². The van der Waals surface area contributed by atoms with E-state index >= 15 is 0 Å². The van der Waals surface area contributed by atoms with Gasteiger partial charge in [0.25, 0.3) is 11.7 Å². The Labute approximate surface area is 126 Å². The van der Waals surface area contributed by atoms with Gasteiger partial charge in [0.1, 0.15) is 0 Å². The van der Waals surface area contributed by atoms with Gasteiger partial charge in [-0.05, 0) is 19.9 Å². The molecule has 3 heterocycles. The monoisotopic (exact) mass is 327 g/mol. The van der Waals surface area contributed by atoms with Crippen LogP contribution < -0.4 is 4.90 Å². The molecule has 3 rings (SSSR count). The summed E-state index contributed by atoms with van der Waals surface area (Å²) in [6, 6.07) is 1.83. The summed E-state index contributed by atoms with van der Waals surface area (Å²) in [5.41, 5.74) is 1.59. The van der Waals surface area contributed by atoms with Gasteiger partial charge < -0.3 is 0 Å². The standard InChI is InChI=1S/C12H14FN5O3S/c1-7-3-8(2)18-11(14-7)15-12(16-18)17-5-9(4-10(17)19)6-22(13,20)21/h3,9H,4-6H2,1-2H3. The summed E-state index contributed by atoms with van der Waals surface area (Å²) in [6.07, 6.45) is -0.0376. The van der Waals surface area contributed by atoms with Crippen LogP contribution in [0.5, 0.6) is 0 Å². The minimum Gasteiger partial charge on any atom is -0.279 e. The second kappa shape index (κ2) is 4.97. The fraction of sp³-hybridized carbons (Fsp3) is 0.500. The molecule has 0 saturated carbocycles. The molecule has 1 fully saturated rings. The Bertz CT molecular complexity index is 863. The maximum Gasteiger partial charge on any atom is 0.302 e. The molecule has 0 aliphatic carbocycles. The Kier molecular flexibility index (Phi) is 3.35. The van der Waals surface area contributed by atoms with E-state index in [0.29, 0.717) is 5.78 Å². The van der Waals surface area contributed by atoms with Gasteiger partial charge in [0.2, 0.25) is 5.91 Å². The van der Waals surface area contributed by atoms with E-state index in [9.17, 15) is 17.1 Å². The van der Waals surface area contributed by atoms with Crippen molar-refractivity contribution in [3.63, 3.8) is 0 Å². The first-order valence-corrected chi connectivity index (χ1v) is 8.22. The van der Waals surface area contributed by atoms with Crippen molar-refractivity contribution in [1.29, 1.82) is 0 Å². The van der Waals surface area contributed by atoms with Crippen LogP contribution in [0, 0.1) is 19.8 Å². The Morgan fingerprint density at radius 3 is 2.77 bits per heavy atom. The lowest BCUT2D eigenvalue weighted by Gasteiger charge is -2.10. The normalized spacial score (nSPS) is 19.3. The Hall–Kier alpha value is -2.10. The van der Waals surface area contributed by atoms with E-state index in [4.69, 9.17) is 0 Å². The van der Waals surface area contributed by atoms with Gasteiger partial charge in [0, 0.05) is 30.3 Å². The molecular formula is C12H14FN5O3S. The third-order valence-corrected chi connectivity index (χ3v) is 4.36. The molecule has 0 N–H and O–H groups in total. The summed E-state index contributed by atoms with van der Waals surface area (Å²) >= 11 is 0. The van der Waals surface area contributed by atoms with Crippen LogP contribution in [0.1, 0.15) is 17.8 Å². The number of halogens is 1. The number of nitrogens with zero attached hydrogens (tertiary/aromatic N) is 5. The molecule has 22 heavy (non-hydrogen) atoms. The van der Waals surface area contributed by atoms with Gasteiger partial charge in [-0.15, -0.1) is 8.98 Å². The molecule has 1 aliphatic rings. The molecule has 118 valence electrons. The largest absolute Gasteiger partial charge is 0.302 e. The highest BCUT2D eigenvalue weighted by Gasteiger charge is 2.35. The van der Waals surface area contributed by atoms with Crippen LogP contribution in [-0.2, 0) is 15.0 Å². The van der Waals surface area contributed by atoms with E-state index in [1.165, 1.54) is 9.42 Å². The molecule has 1 unspecified atom stereocenters. The van der Waals surface area contributed by atoms with Crippen molar-refractivity contribution in [2.45, 2.75) is 20.3 Å². The molecule has 0 bridgehead atoms. The number of aryl methyl sites for hydroxylation is 2. The van der Waals surface area contributed by atoms with Gasteiger partial charge in [-0.1, -0.05) is 0 Å². The van der Waals surface area contributed by atoms with Crippen molar-refractivity contribution >= 4 is 27.9 Å². The quantitative estimate of drug-likeness (QED) is 0.757. The van der Waals surface area contributed by atoms with Crippen LogP contribution in [0.25, 0.3) is 5.78 Å². The Morgan fingerprint density at radius 2 is 2.09 bits per heavy atom. The van der Waals surface area contributed by atoms with Gasteiger partial charge in [-0.25, -0.2) is 4.98 Å². The van der Waals surface area contributed by atoms with Crippen molar-refractivity contribution in [3.8, 4) is 0 Å². The second-order valence-corrected chi connectivity index (χ2v) is 6.85. The fourth-order valence-electron chi connectivity index (χ4n) is 2.64. The minimum absolute atomic E-state index is 0.0376. The number of hydrogen-bond acceptors (Lipinski definition) is 6. The number of hydrogen-bond donors (Lipinski definition) is 0. The number of anilines is 1. The van der Waals surface area contributed by atoms with Crippen molar-refractivity contribution in [2.75, 3.05) is 17.2 Å².